The molecule has 4 rings (SSSR count). The molecule has 0 saturated carbocycles. The lowest BCUT2D eigenvalue weighted by Crippen LogP contribution is -2.31. The molecule has 1 aromatic heterocycles. The van der Waals surface area contributed by atoms with Crippen molar-refractivity contribution in [2.24, 2.45) is 5.92 Å². The average molecular weight is 326 g/mol. The van der Waals surface area contributed by atoms with Crippen LogP contribution in [-0.2, 0) is 13.0 Å². The quantitative estimate of drug-likeness (QED) is 0.917. The first-order valence-corrected chi connectivity index (χ1v) is 8.57. The van der Waals surface area contributed by atoms with Crippen LogP contribution in [0.15, 0.2) is 41.0 Å². The summed E-state index contributed by atoms with van der Waals surface area (Å²) in [5, 5.41) is 3.08. The second kappa shape index (κ2) is 6.69. The average Bonchev–Trinajstić information content (AvgIpc) is 3.34. The smallest absolute Gasteiger partial charge is 0.255 e. The van der Waals surface area contributed by atoms with E-state index in [0.29, 0.717) is 24.6 Å². The van der Waals surface area contributed by atoms with E-state index in [0.717, 1.165) is 49.5 Å². The van der Waals surface area contributed by atoms with Crippen LogP contribution >= 0.6 is 0 Å². The van der Waals surface area contributed by atoms with Crippen LogP contribution in [0.2, 0.25) is 0 Å². The van der Waals surface area contributed by atoms with Gasteiger partial charge in [0, 0.05) is 19.5 Å². The van der Waals surface area contributed by atoms with Crippen molar-refractivity contribution in [2.75, 3.05) is 26.2 Å². The highest BCUT2D eigenvalue weighted by atomic mass is 16.5. The minimum absolute atomic E-state index is 0.0294. The van der Waals surface area contributed by atoms with Gasteiger partial charge in [-0.2, -0.15) is 0 Å². The van der Waals surface area contributed by atoms with Gasteiger partial charge in [0.25, 0.3) is 5.91 Å². The van der Waals surface area contributed by atoms with Crippen LogP contribution in [0.4, 0.5) is 0 Å². The zero-order chi connectivity index (χ0) is 16.4. The largest absolute Gasteiger partial charge is 0.492 e. The maximum Gasteiger partial charge on any atom is 0.255 e. The molecular weight excluding hydrogens is 304 g/mol. The summed E-state index contributed by atoms with van der Waals surface area (Å²) >= 11 is 0. The molecule has 2 aliphatic heterocycles. The van der Waals surface area contributed by atoms with Crippen molar-refractivity contribution in [1.82, 2.24) is 10.2 Å². The summed E-state index contributed by atoms with van der Waals surface area (Å²) in [4.78, 5) is 14.9. The summed E-state index contributed by atoms with van der Waals surface area (Å²) in [6.07, 6.45) is 3.70. The van der Waals surface area contributed by atoms with Gasteiger partial charge in [-0.1, -0.05) is 12.1 Å². The molecule has 3 heterocycles. The fourth-order valence-electron chi connectivity index (χ4n) is 3.57. The number of nitrogens with one attached hydrogen (secondary N) is 1. The molecule has 1 fully saturated rings. The Bertz CT molecular complexity index is 711. The standard InChI is InChI=1S/C19H22N2O3/c22-19(17-5-1-3-15-7-10-24-18(15)17)20-11-14-6-8-21(12-14)13-16-4-2-9-23-16/h1-5,9,14H,6-8,10-13H2,(H,20,22)/t14-/m0/s1. The van der Waals surface area contributed by atoms with E-state index in [1.54, 1.807) is 6.26 Å². The Morgan fingerprint density at radius 2 is 2.25 bits per heavy atom. The van der Waals surface area contributed by atoms with Gasteiger partial charge in [-0.05, 0) is 42.6 Å². The van der Waals surface area contributed by atoms with Gasteiger partial charge in [-0.3, -0.25) is 9.69 Å². The highest BCUT2D eigenvalue weighted by Crippen LogP contribution is 2.29. The number of fused-ring (bicyclic) bond motifs is 1. The number of likely N-dealkylation sites (tertiary alicyclic amines) is 1. The Morgan fingerprint density at radius 1 is 1.29 bits per heavy atom. The minimum atomic E-state index is -0.0294. The van der Waals surface area contributed by atoms with Crippen molar-refractivity contribution in [3.8, 4) is 5.75 Å². The first-order chi connectivity index (χ1) is 11.8. The lowest BCUT2D eigenvalue weighted by Gasteiger charge is -2.15. The van der Waals surface area contributed by atoms with Crippen molar-refractivity contribution < 1.29 is 13.9 Å². The van der Waals surface area contributed by atoms with Crippen molar-refractivity contribution in [2.45, 2.75) is 19.4 Å². The molecule has 0 spiro atoms. The van der Waals surface area contributed by atoms with Gasteiger partial charge in [-0.15, -0.1) is 0 Å². The summed E-state index contributed by atoms with van der Waals surface area (Å²) in [5.41, 5.74) is 1.79. The number of benzene rings is 1. The molecule has 1 amide bonds. The molecule has 2 aromatic rings. The van der Waals surface area contributed by atoms with Crippen LogP contribution in [0.3, 0.4) is 0 Å². The molecule has 1 N–H and O–H groups in total. The number of para-hydroxylation sites is 1. The van der Waals surface area contributed by atoms with E-state index in [1.165, 1.54) is 0 Å². The molecule has 5 heteroatoms. The Labute approximate surface area is 141 Å². The molecule has 0 bridgehead atoms. The zero-order valence-corrected chi connectivity index (χ0v) is 13.7. The Hall–Kier alpha value is -2.27. The van der Waals surface area contributed by atoms with Gasteiger partial charge < -0.3 is 14.5 Å². The molecule has 1 aromatic carbocycles. The SMILES string of the molecule is O=C(NC[C@@H]1CCN(Cc2ccco2)C1)c1cccc2c1OCC2. The molecule has 24 heavy (non-hydrogen) atoms. The summed E-state index contributed by atoms with van der Waals surface area (Å²) in [5.74, 6) is 2.22. The van der Waals surface area contributed by atoms with E-state index in [1.807, 2.05) is 30.3 Å². The third-order valence-electron chi connectivity index (χ3n) is 4.84. The van der Waals surface area contributed by atoms with E-state index in [2.05, 4.69) is 10.2 Å². The lowest BCUT2D eigenvalue weighted by molar-refractivity contribution is 0.0944. The van der Waals surface area contributed by atoms with Crippen LogP contribution in [0.5, 0.6) is 5.75 Å². The van der Waals surface area contributed by atoms with Gasteiger partial charge >= 0.3 is 0 Å². The molecule has 5 nitrogen and oxygen atoms in total. The van der Waals surface area contributed by atoms with Gasteiger partial charge in [0.2, 0.25) is 0 Å². The van der Waals surface area contributed by atoms with Gasteiger partial charge in [0.05, 0.1) is 25.0 Å². The summed E-state index contributed by atoms with van der Waals surface area (Å²) < 4.78 is 11.0. The van der Waals surface area contributed by atoms with Crippen molar-refractivity contribution >= 4 is 5.91 Å². The van der Waals surface area contributed by atoms with Crippen molar-refractivity contribution in [1.29, 1.82) is 0 Å². The van der Waals surface area contributed by atoms with E-state index >= 15 is 0 Å². The van der Waals surface area contributed by atoms with Crippen molar-refractivity contribution in [3.05, 3.63) is 53.5 Å². The number of furan rings is 1. The Kier molecular flexibility index (Phi) is 4.26. The summed E-state index contributed by atoms with van der Waals surface area (Å²) in [7, 11) is 0. The number of carbonyl (C=O) groups excluding carboxylic acids is 1. The maximum atomic E-state index is 12.5. The molecule has 0 radical (unpaired) electrons. The third kappa shape index (κ3) is 3.17. The molecule has 1 saturated heterocycles. The van der Waals surface area contributed by atoms with Crippen molar-refractivity contribution in [3.63, 3.8) is 0 Å². The summed E-state index contributed by atoms with van der Waals surface area (Å²) in [6.45, 7) is 4.26. The zero-order valence-electron chi connectivity index (χ0n) is 13.7. The van der Waals surface area contributed by atoms with Crippen LogP contribution in [0, 0.1) is 5.92 Å². The Morgan fingerprint density at radius 3 is 3.12 bits per heavy atom. The number of carbonyl (C=O) groups is 1. The van der Waals surface area contributed by atoms with Gasteiger partial charge in [0.15, 0.2) is 0 Å². The molecule has 2 aliphatic rings. The lowest BCUT2D eigenvalue weighted by atomic mass is 10.1. The second-order valence-corrected chi connectivity index (χ2v) is 6.57. The highest BCUT2D eigenvalue weighted by molar-refractivity contribution is 5.97. The molecular formula is C19H22N2O3. The number of nitrogens with zero attached hydrogens (tertiary/aromatic N) is 1. The second-order valence-electron chi connectivity index (χ2n) is 6.57. The number of hydrogen-bond donors (Lipinski definition) is 1. The fraction of sp³-hybridized carbons (Fsp3) is 0.421. The van der Waals surface area contributed by atoms with Gasteiger partial charge in [0.1, 0.15) is 11.5 Å². The topological polar surface area (TPSA) is 54.7 Å². The predicted molar refractivity (Wildman–Crippen MR) is 90.1 cm³/mol. The van der Waals surface area contributed by atoms with E-state index in [4.69, 9.17) is 9.15 Å². The van der Waals surface area contributed by atoms with Crippen LogP contribution in [0.25, 0.3) is 0 Å². The maximum absolute atomic E-state index is 12.5. The fourth-order valence-corrected chi connectivity index (χ4v) is 3.57. The van der Waals surface area contributed by atoms with E-state index in [9.17, 15) is 4.79 Å². The molecule has 126 valence electrons. The molecule has 0 unspecified atom stereocenters. The Balaban J connectivity index is 1.30. The molecule has 0 aliphatic carbocycles. The normalized spacial score (nSPS) is 19.9. The number of amides is 1. The predicted octanol–water partition coefficient (Wildman–Crippen LogP) is 2.47. The third-order valence-corrected chi connectivity index (χ3v) is 4.84. The van der Waals surface area contributed by atoms with E-state index in [-0.39, 0.29) is 5.91 Å². The van der Waals surface area contributed by atoms with Crippen LogP contribution < -0.4 is 10.1 Å². The first kappa shape index (κ1) is 15.3. The first-order valence-electron chi connectivity index (χ1n) is 8.57. The van der Waals surface area contributed by atoms with Crippen LogP contribution in [-0.4, -0.2) is 37.0 Å². The highest BCUT2D eigenvalue weighted by Gasteiger charge is 2.25. The molecule has 1 atom stereocenters. The number of ether oxygens (including phenoxy) is 1. The summed E-state index contributed by atoms with van der Waals surface area (Å²) in [6, 6.07) is 9.73. The minimum Gasteiger partial charge on any atom is -0.492 e. The van der Waals surface area contributed by atoms with Gasteiger partial charge in [-0.25, -0.2) is 0 Å². The van der Waals surface area contributed by atoms with E-state index < -0.39 is 0 Å². The monoisotopic (exact) mass is 326 g/mol. The van der Waals surface area contributed by atoms with Crippen LogP contribution in [0.1, 0.15) is 28.1 Å². The number of rotatable bonds is 5. The number of hydrogen-bond acceptors (Lipinski definition) is 4.